The maximum absolute atomic E-state index is 7.96. The SMILES string of the molecule is CCC(C)(C)c1cccc2c1oc1c(N(c3cc(C)ccc3C)c3ccc4ccc5c(N(c6cc(C)ccc6C)c6cc(-c7cc(N(c8cc(C)ccc8C)c8ccc9ccc%10c(N(c%11cc(C)ccc%11C)c%11cccc%12c%11oc%11c(C%13CCCC%13)cccc%11%12)ccc%11ccc8c9c%11%10)c8oc9c(C%10CCCC%10)cccc9c8c7)cc7c6oc6c(C(C)(C)CC)cccc67)ccc6ccc3c4c65)cccc12. The van der Waals surface area contributed by atoms with Crippen LogP contribution in [0.25, 0.3) is 164 Å². The Labute approximate surface area is 817 Å². The quantitative estimate of drug-likeness (QED) is 0.0742. The van der Waals surface area contributed by atoms with Crippen LogP contribution in [0.4, 0.5) is 68.2 Å². The fourth-order valence-electron chi connectivity index (χ4n) is 24.7. The van der Waals surface area contributed by atoms with Crippen LogP contribution < -0.4 is 19.6 Å². The lowest BCUT2D eigenvalue weighted by Gasteiger charge is -2.31. The van der Waals surface area contributed by atoms with Crippen molar-refractivity contribution in [2.24, 2.45) is 0 Å². The molecule has 2 saturated carbocycles. The highest BCUT2D eigenvalue weighted by Crippen LogP contribution is 2.59. The number of aryl methyl sites for hydroxylation is 8. The summed E-state index contributed by atoms with van der Waals surface area (Å²) < 4.78 is 30.8. The molecular weight excluding hydrogens is 1710 g/mol. The first-order chi connectivity index (χ1) is 68.1. The first-order valence-corrected chi connectivity index (χ1v) is 50.9. The van der Waals surface area contributed by atoms with E-state index in [9.17, 15) is 0 Å². The lowest BCUT2D eigenvalue weighted by Crippen LogP contribution is -2.15. The van der Waals surface area contributed by atoms with Crippen LogP contribution in [-0.2, 0) is 10.8 Å². The topological polar surface area (TPSA) is 65.5 Å². The Morgan fingerprint density at radius 2 is 0.493 bits per heavy atom. The third kappa shape index (κ3) is 13.1. The largest absolute Gasteiger partial charge is 0.454 e. The summed E-state index contributed by atoms with van der Waals surface area (Å²) in [5, 5.41) is 22.8. The Bertz CT molecular complexity index is 9270. The summed E-state index contributed by atoms with van der Waals surface area (Å²) in [6.07, 6.45) is 11.4. The molecule has 686 valence electrons. The summed E-state index contributed by atoms with van der Waals surface area (Å²) in [6, 6.07) is 116. The number of para-hydroxylation sites is 6. The molecule has 0 unspecified atom stereocenters. The van der Waals surface area contributed by atoms with Crippen LogP contribution in [-0.4, -0.2) is 0 Å². The first kappa shape index (κ1) is 85.3. The fraction of sp³-hybridized carbons (Fsp3) is 0.212. The van der Waals surface area contributed by atoms with Crippen LogP contribution in [0.15, 0.2) is 321 Å². The minimum absolute atomic E-state index is 0.111. The molecule has 0 N–H and O–H groups in total. The van der Waals surface area contributed by atoms with Crippen molar-refractivity contribution in [3.8, 4) is 11.1 Å². The predicted octanol–water partition coefficient (Wildman–Crippen LogP) is 39.8. The van der Waals surface area contributed by atoms with E-state index in [0.29, 0.717) is 11.8 Å². The minimum atomic E-state index is -0.231. The van der Waals surface area contributed by atoms with Gasteiger partial charge in [-0.25, -0.2) is 0 Å². The number of fused-ring (bicyclic) bond motifs is 12. The molecule has 0 atom stereocenters. The van der Waals surface area contributed by atoms with Gasteiger partial charge < -0.3 is 37.3 Å². The molecule has 4 aromatic heterocycles. The molecular formula is C132H114N4O4. The van der Waals surface area contributed by atoms with Gasteiger partial charge in [-0.2, -0.15) is 0 Å². The average Bonchev–Trinajstić information content (AvgIpc) is 1.22. The van der Waals surface area contributed by atoms with E-state index in [1.807, 2.05) is 0 Å². The van der Waals surface area contributed by atoms with Gasteiger partial charge in [-0.1, -0.05) is 286 Å². The number of nitrogens with zero attached hydrogens (tertiary/aromatic N) is 4. The molecule has 8 heteroatoms. The van der Waals surface area contributed by atoms with Gasteiger partial charge in [0.1, 0.15) is 22.3 Å². The summed E-state index contributed by atoms with van der Waals surface area (Å²) in [5.41, 5.74) is 35.8. The second-order valence-electron chi connectivity index (χ2n) is 42.4. The smallest absolute Gasteiger partial charge is 0.159 e. The van der Waals surface area contributed by atoms with E-state index in [2.05, 4.69) is 420 Å². The Hall–Kier alpha value is -15.1. The first-order valence-electron chi connectivity index (χ1n) is 50.9. The van der Waals surface area contributed by atoms with Crippen LogP contribution in [0, 0.1) is 55.4 Å². The highest BCUT2D eigenvalue weighted by molar-refractivity contribution is 6.32. The highest BCUT2D eigenvalue weighted by Gasteiger charge is 2.36. The van der Waals surface area contributed by atoms with Crippen LogP contribution in [0.2, 0.25) is 0 Å². The van der Waals surface area contributed by atoms with E-state index in [-0.39, 0.29) is 10.8 Å². The van der Waals surface area contributed by atoms with Gasteiger partial charge in [-0.3, -0.25) is 0 Å². The van der Waals surface area contributed by atoms with E-state index in [0.717, 1.165) is 248 Å². The Kier molecular flexibility index (Phi) is 19.6. The zero-order valence-corrected chi connectivity index (χ0v) is 82.5. The van der Waals surface area contributed by atoms with Crippen LogP contribution in [0.5, 0.6) is 0 Å². The maximum atomic E-state index is 7.96. The summed E-state index contributed by atoms with van der Waals surface area (Å²) in [6.45, 7) is 31.9. The fourth-order valence-corrected chi connectivity index (χ4v) is 24.7. The van der Waals surface area contributed by atoms with Crippen LogP contribution in [0.3, 0.4) is 0 Å². The standard InChI is InChI=1S/C132H114N4O4/c1-15-131(11,12)105-39-23-35-94-96-38-26-42-112(128(96)139-125(94)105)134(114-68-76(4)44-48-80(114)8)108-64-56-86-54-62-102-110(66-58-88-52-60-100(108)120(86)122(88)102)136(116-70-78(6)46-50-82(116)10)118-74-90(72-104-98-36-24-40-106(132(13,14)16-2)126(98)140-130(104)118)89-71-103-97-34-22-32-92(84-29-19-20-30-84)124(97)138-129(103)117(73-89)135(115-69-77(5)45-49-81(115)9)109-65-57-87-51-59-99-107(63-55-85-53-61-101(109)121(87)119(85)99)133(113-67-75(3)43-47-79(113)7)111-41-25-37-95-93-33-21-31-91(83-27-17-18-28-83)123(93)137-127(95)111/h21-26,31-74,83-84H,15-20,27-30H2,1-14H3. The molecule has 26 rings (SSSR count). The molecule has 8 nitrogen and oxygen atoms in total. The van der Waals surface area contributed by atoms with Crippen LogP contribution >= 0.6 is 0 Å². The molecule has 0 amide bonds. The van der Waals surface area contributed by atoms with Crippen molar-refractivity contribution in [3.63, 3.8) is 0 Å². The molecule has 0 spiro atoms. The molecule has 20 aromatic carbocycles. The van der Waals surface area contributed by atoms with E-state index in [1.165, 1.54) is 115 Å². The Morgan fingerprint density at radius 3 is 0.821 bits per heavy atom. The third-order valence-electron chi connectivity index (χ3n) is 33.0. The van der Waals surface area contributed by atoms with Gasteiger partial charge in [-0.05, 0) is 311 Å². The molecule has 0 aliphatic heterocycles. The van der Waals surface area contributed by atoms with Gasteiger partial charge in [0, 0.05) is 98.5 Å². The molecule has 4 heterocycles. The number of furan rings is 4. The summed E-state index contributed by atoms with van der Waals surface area (Å²) in [4.78, 5) is 10.2. The molecule has 0 radical (unpaired) electrons. The summed E-state index contributed by atoms with van der Waals surface area (Å²) >= 11 is 0. The molecule has 0 saturated heterocycles. The normalized spacial score (nSPS) is 13.8. The van der Waals surface area contributed by atoms with Crippen molar-refractivity contribution in [1.29, 1.82) is 0 Å². The highest BCUT2D eigenvalue weighted by atomic mass is 16.3. The summed E-state index contributed by atoms with van der Waals surface area (Å²) in [5.74, 6) is 0.857. The lowest BCUT2D eigenvalue weighted by molar-refractivity contribution is 0.500. The maximum Gasteiger partial charge on any atom is 0.159 e. The average molecular weight is 1820 g/mol. The second-order valence-corrected chi connectivity index (χ2v) is 42.4. The number of rotatable bonds is 19. The number of anilines is 12. The van der Waals surface area contributed by atoms with Gasteiger partial charge >= 0.3 is 0 Å². The van der Waals surface area contributed by atoms with E-state index in [4.69, 9.17) is 17.7 Å². The van der Waals surface area contributed by atoms with Crippen LogP contribution in [0.1, 0.15) is 184 Å². The number of hydrogen-bond acceptors (Lipinski definition) is 8. The second kappa shape index (κ2) is 32.2. The zero-order chi connectivity index (χ0) is 94.9. The summed E-state index contributed by atoms with van der Waals surface area (Å²) in [7, 11) is 0. The van der Waals surface area contributed by atoms with Gasteiger partial charge in [0.25, 0.3) is 0 Å². The van der Waals surface area contributed by atoms with E-state index in [1.54, 1.807) is 0 Å². The zero-order valence-electron chi connectivity index (χ0n) is 82.5. The van der Waals surface area contributed by atoms with Crippen molar-refractivity contribution >= 4 is 221 Å². The molecule has 0 bridgehead atoms. The Morgan fingerprint density at radius 1 is 0.229 bits per heavy atom. The monoisotopic (exact) mass is 1820 g/mol. The molecule has 2 aliphatic rings. The van der Waals surface area contributed by atoms with Crippen molar-refractivity contribution in [3.05, 3.63) is 370 Å². The van der Waals surface area contributed by atoms with Crippen molar-refractivity contribution in [2.45, 2.75) is 184 Å². The molecule has 2 fully saturated rings. The molecule has 24 aromatic rings. The van der Waals surface area contributed by atoms with Gasteiger partial charge in [0.15, 0.2) is 22.3 Å². The third-order valence-corrected chi connectivity index (χ3v) is 33.0. The van der Waals surface area contributed by atoms with Crippen molar-refractivity contribution in [1.82, 2.24) is 0 Å². The number of benzene rings is 20. The van der Waals surface area contributed by atoms with Gasteiger partial charge in [0.05, 0.1) is 45.5 Å². The van der Waals surface area contributed by atoms with E-state index < -0.39 is 0 Å². The lowest BCUT2D eigenvalue weighted by atomic mass is 9.81. The predicted molar refractivity (Wildman–Crippen MR) is 594 cm³/mol. The van der Waals surface area contributed by atoms with Crippen molar-refractivity contribution in [2.75, 3.05) is 19.6 Å². The molecule has 2 aliphatic carbocycles. The Balaban J connectivity index is 0.720. The van der Waals surface area contributed by atoms with Gasteiger partial charge in [-0.15, -0.1) is 0 Å². The number of hydrogen-bond donors (Lipinski definition) is 0. The van der Waals surface area contributed by atoms with Crippen molar-refractivity contribution < 1.29 is 17.7 Å². The molecule has 140 heavy (non-hydrogen) atoms. The van der Waals surface area contributed by atoms with Gasteiger partial charge in [0.2, 0.25) is 0 Å². The minimum Gasteiger partial charge on any atom is -0.454 e. The van der Waals surface area contributed by atoms with E-state index >= 15 is 0 Å².